The van der Waals surface area contributed by atoms with Crippen LogP contribution in [-0.4, -0.2) is 50.2 Å². The van der Waals surface area contributed by atoms with Crippen LogP contribution in [-0.2, 0) is 9.53 Å². The Kier molecular flexibility index (Phi) is 11.1. The second kappa shape index (κ2) is 11.5. The van der Waals surface area contributed by atoms with E-state index < -0.39 is 0 Å². The van der Waals surface area contributed by atoms with Crippen molar-refractivity contribution in [3.8, 4) is 0 Å². The van der Waals surface area contributed by atoms with Gasteiger partial charge in [-0.2, -0.15) is 0 Å². The van der Waals surface area contributed by atoms with E-state index in [4.69, 9.17) is 4.74 Å². The van der Waals surface area contributed by atoms with Crippen molar-refractivity contribution >= 4 is 5.91 Å². The van der Waals surface area contributed by atoms with Gasteiger partial charge in [-0.3, -0.25) is 4.79 Å². The summed E-state index contributed by atoms with van der Waals surface area (Å²) in [5.41, 5.74) is 0. The molecule has 1 N–H and O–H groups in total. The summed E-state index contributed by atoms with van der Waals surface area (Å²) in [4.78, 5) is 14.1. The molecular formula is C14H30N2O2. The highest BCUT2D eigenvalue weighted by Crippen LogP contribution is 2.09. The van der Waals surface area contributed by atoms with E-state index in [1.54, 1.807) is 7.11 Å². The number of nitrogens with zero attached hydrogens (tertiary/aromatic N) is 1. The monoisotopic (exact) mass is 258 g/mol. The van der Waals surface area contributed by atoms with Crippen molar-refractivity contribution in [3.05, 3.63) is 0 Å². The third-order valence-electron chi connectivity index (χ3n) is 3.13. The van der Waals surface area contributed by atoms with Crippen molar-refractivity contribution < 1.29 is 9.53 Å². The highest BCUT2D eigenvalue weighted by Gasteiger charge is 2.18. The Morgan fingerprint density at radius 3 is 2.67 bits per heavy atom. The molecule has 0 fully saturated rings. The van der Waals surface area contributed by atoms with Crippen LogP contribution in [0.4, 0.5) is 0 Å². The molecule has 0 aliphatic rings. The number of rotatable bonds is 11. The number of amides is 1. The van der Waals surface area contributed by atoms with Crippen molar-refractivity contribution in [2.45, 2.75) is 52.5 Å². The molecule has 1 unspecified atom stereocenters. The van der Waals surface area contributed by atoms with E-state index in [-0.39, 0.29) is 5.91 Å². The molecule has 0 aromatic heterocycles. The lowest BCUT2D eigenvalue weighted by Crippen LogP contribution is -2.43. The number of hydrogen-bond donors (Lipinski definition) is 1. The first kappa shape index (κ1) is 17.4. The zero-order chi connectivity index (χ0) is 13.8. The summed E-state index contributed by atoms with van der Waals surface area (Å²) < 4.78 is 4.99. The Labute approximate surface area is 112 Å². The van der Waals surface area contributed by atoms with Gasteiger partial charge in [0.1, 0.15) is 0 Å². The maximum absolute atomic E-state index is 12.1. The molecular weight excluding hydrogens is 228 g/mol. The summed E-state index contributed by atoms with van der Waals surface area (Å²) in [6.45, 7) is 9.53. The maximum atomic E-state index is 12.1. The summed E-state index contributed by atoms with van der Waals surface area (Å²) in [5, 5.41) is 3.28. The SMILES string of the molecule is CCCCC(C)N(CCNCC)C(=O)CCOC. The molecule has 0 bridgehead atoms. The largest absolute Gasteiger partial charge is 0.384 e. The molecule has 1 amide bonds. The van der Waals surface area contributed by atoms with E-state index in [0.717, 1.165) is 26.1 Å². The van der Waals surface area contributed by atoms with E-state index in [9.17, 15) is 4.79 Å². The average molecular weight is 258 g/mol. The Morgan fingerprint density at radius 1 is 1.39 bits per heavy atom. The van der Waals surface area contributed by atoms with E-state index >= 15 is 0 Å². The molecule has 4 heteroatoms. The van der Waals surface area contributed by atoms with Gasteiger partial charge in [0.25, 0.3) is 0 Å². The minimum absolute atomic E-state index is 0.207. The molecule has 0 rings (SSSR count). The molecule has 0 aliphatic heterocycles. The van der Waals surface area contributed by atoms with Crippen LogP contribution < -0.4 is 5.32 Å². The van der Waals surface area contributed by atoms with Crippen LogP contribution >= 0.6 is 0 Å². The summed E-state index contributed by atoms with van der Waals surface area (Å²) in [7, 11) is 1.64. The van der Waals surface area contributed by atoms with Crippen LogP contribution in [0.2, 0.25) is 0 Å². The van der Waals surface area contributed by atoms with Gasteiger partial charge in [0, 0.05) is 26.2 Å². The molecule has 0 saturated heterocycles. The first-order chi connectivity index (χ1) is 8.67. The van der Waals surface area contributed by atoms with Crippen molar-refractivity contribution in [1.82, 2.24) is 10.2 Å². The fraction of sp³-hybridized carbons (Fsp3) is 0.929. The zero-order valence-electron chi connectivity index (χ0n) is 12.5. The summed E-state index contributed by atoms with van der Waals surface area (Å²) >= 11 is 0. The molecule has 0 aromatic rings. The van der Waals surface area contributed by atoms with Gasteiger partial charge < -0.3 is 15.0 Å². The molecule has 0 heterocycles. The topological polar surface area (TPSA) is 41.6 Å². The standard InChI is InChI=1S/C14H30N2O2/c1-5-7-8-13(3)16(11-10-15-6-2)14(17)9-12-18-4/h13,15H,5-12H2,1-4H3. The molecule has 1 atom stereocenters. The van der Waals surface area contributed by atoms with Gasteiger partial charge in [0.2, 0.25) is 5.91 Å². The Morgan fingerprint density at radius 2 is 2.11 bits per heavy atom. The van der Waals surface area contributed by atoms with Crippen LogP contribution in [0, 0.1) is 0 Å². The molecule has 4 nitrogen and oxygen atoms in total. The molecule has 0 aromatic carbocycles. The quantitative estimate of drug-likeness (QED) is 0.577. The number of hydrogen-bond acceptors (Lipinski definition) is 3. The number of nitrogens with one attached hydrogen (secondary N) is 1. The minimum atomic E-state index is 0.207. The van der Waals surface area contributed by atoms with Crippen molar-refractivity contribution in [1.29, 1.82) is 0 Å². The number of ether oxygens (including phenoxy) is 1. The molecule has 108 valence electrons. The normalized spacial score (nSPS) is 12.4. The predicted molar refractivity (Wildman–Crippen MR) is 75.7 cm³/mol. The fourth-order valence-electron chi connectivity index (χ4n) is 1.96. The number of unbranched alkanes of at least 4 members (excludes halogenated alkanes) is 1. The van der Waals surface area contributed by atoms with Crippen LogP contribution in [0.3, 0.4) is 0 Å². The zero-order valence-corrected chi connectivity index (χ0v) is 12.5. The lowest BCUT2D eigenvalue weighted by molar-refractivity contribution is -0.134. The Hall–Kier alpha value is -0.610. The number of methoxy groups -OCH3 is 1. The van der Waals surface area contributed by atoms with Crippen molar-refractivity contribution in [2.75, 3.05) is 33.4 Å². The second-order valence-corrected chi connectivity index (χ2v) is 4.67. The van der Waals surface area contributed by atoms with E-state index in [1.165, 1.54) is 12.8 Å². The molecule has 0 radical (unpaired) electrons. The first-order valence-corrected chi connectivity index (χ1v) is 7.16. The lowest BCUT2D eigenvalue weighted by atomic mass is 10.1. The van der Waals surface area contributed by atoms with Gasteiger partial charge in [-0.05, 0) is 19.9 Å². The van der Waals surface area contributed by atoms with Crippen molar-refractivity contribution in [2.24, 2.45) is 0 Å². The van der Waals surface area contributed by atoms with E-state index in [2.05, 4.69) is 26.1 Å². The van der Waals surface area contributed by atoms with Crippen LogP contribution in [0.25, 0.3) is 0 Å². The summed E-state index contributed by atoms with van der Waals surface area (Å²) in [5.74, 6) is 0.207. The van der Waals surface area contributed by atoms with Crippen LogP contribution in [0.5, 0.6) is 0 Å². The van der Waals surface area contributed by atoms with Crippen LogP contribution in [0.15, 0.2) is 0 Å². The smallest absolute Gasteiger partial charge is 0.225 e. The second-order valence-electron chi connectivity index (χ2n) is 4.67. The summed E-state index contributed by atoms with van der Waals surface area (Å²) in [6.07, 6.45) is 3.93. The maximum Gasteiger partial charge on any atom is 0.225 e. The van der Waals surface area contributed by atoms with Crippen LogP contribution in [0.1, 0.15) is 46.5 Å². The minimum Gasteiger partial charge on any atom is -0.384 e. The highest BCUT2D eigenvalue weighted by atomic mass is 16.5. The molecule has 0 spiro atoms. The van der Waals surface area contributed by atoms with Gasteiger partial charge in [0.15, 0.2) is 0 Å². The third kappa shape index (κ3) is 7.67. The van der Waals surface area contributed by atoms with Gasteiger partial charge in [-0.1, -0.05) is 26.7 Å². The predicted octanol–water partition coefficient (Wildman–Crippen LogP) is 2.04. The van der Waals surface area contributed by atoms with E-state index in [0.29, 0.717) is 19.1 Å². The van der Waals surface area contributed by atoms with Gasteiger partial charge in [-0.15, -0.1) is 0 Å². The lowest BCUT2D eigenvalue weighted by Gasteiger charge is -2.29. The molecule has 18 heavy (non-hydrogen) atoms. The first-order valence-electron chi connectivity index (χ1n) is 7.16. The number of carbonyl (C=O) groups is 1. The number of carbonyl (C=O) groups excluding carboxylic acids is 1. The summed E-state index contributed by atoms with van der Waals surface area (Å²) in [6, 6.07) is 0.327. The molecule has 0 aliphatic carbocycles. The van der Waals surface area contributed by atoms with Gasteiger partial charge in [-0.25, -0.2) is 0 Å². The molecule has 0 saturated carbocycles. The highest BCUT2D eigenvalue weighted by molar-refractivity contribution is 5.76. The number of likely N-dealkylation sites (N-methyl/N-ethyl adjacent to an activating group) is 1. The van der Waals surface area contributed by atoms with Gasteiger partial charge >= 0.3 is 0 Å². The third-order valence-corrected chi connectivity index (χ3v) is 3.13. The van der Waals surface area contributed by atoms with E-state index in [1.807, 2.05) is 4.90 Å². The fourth-order valence-corrected chi connectivity index (χ4v) is 1.96. The Balaban J connectivity index is 4.25. The van der Waals surface area contributed by atoms with Crippen molar-refractivity contribution in [3.63, 3.8) is 0 Å². The average Bonchev–Trinajstić information content (AvgIpc) is 2.38. The Bertz CT molecular complexity index is 210. The van der Waals surface area contributed by atoms with Gasteiger partial charge in [0.05, 0.1) is 13.0 Å².